The van der Waals surface area contributed by atoms with Crippen LogP contribution < -0.4 is 0 Å². The normalized spacial score (nSPS) is 10.8. The van der Waals surface area contributed by atoms with Crippen LogP contribution in [0.2, 0.25) is 0 Å². The summed E-state index contributed by atoms with van der Waals surface area (Å²) in [5.41, 5.74) is 3.21. The van der Waals surface area contributed by atoms with Crippen LogP contribution in [0.4, 0.5) is 0 Å². The average Bonchev–Trinajstić information content (AvgIpc) is 2.49. The minimum atomic E-state index is -0.502. The van der Waals surface area contributed by atoms with Gasteiger partial charge in [0.05, 0.1) is 0 Å². The molecule has 0 fully saturated rings. The van der Waals surface area contributed by atoms with Gasteiger partial charge in [0.25, 0.3) is 0 Å². The fourth-order valence-electron chi connectivity index (χ4n) is 2.45. The van der Waals surface area contributed by atoms with Crippen LogP contribution in [0, 0.1) is 0 Å². The Morgan fingerprint density at radius 1 is 0.714 bits per heavy atom. The summed E-state index contributed by atoms with van der Waals surface area (Å²) in [5.74, 6) is -0.816. The predicted octanol–water partition coefficient (Wildman–Crippen LogP) is 3.22. The van der Waals surface area contributed by atoms with E-state index in [0.717, 1.165) is 29.5 Å². The van der Waals surface area contributed by atoms with E-state index in [2.05, 4.69) is 0 Å². The summed E-state index contributed by atoms with van der Waals surface area (Å²) in [6.07, 6.45) is 1.86. The Kier molecular flexibility index (Phi) is 4.26. The van der Waals surface area contributed by atoms with Gasteiger partial charge in [0.1, 0.15) is 5.75 Å². The van der Waals surface area contributed by atoms with E-state index in [1.807, 2.05) is 26.0 Å². The molecule has 0 aliphatic carbocycles. The van der Waals surface area contributed by atoms with Gasteiger partial charge in [-0.1, -0.05) is 32.0 Å². The molecule has 112 valence electrons. The lowest BCUT2D eigenvalue weighted by molar-refractivity contribution is 0.365. The number of aryl methyl sites for hydroxylation is 2. The Morgan fingerprint density at radius 3 is 1.81 bits per heavy atom. The summed E-state index contributed by atoms with van der Waals surface area (Å²) in [6, 6.07) is 6.73. The van der Waals surface area contributed by atoms with Crippen molar-refractivity contribution in [2.45, 2.75) is 33.1 Å². The van der Waals surface area contributed by atoms with E-state index in [-0.39, 0.29) is 11.5 Å². The summed E-state index contributed by atoms with van der Waals surface area (Å²) in [7, 11) is 0. The lowest BCUT2D eigenvalue weighted by Crippen LogP contribution is -1.96. The van der Waals surface area contributed by atoms with Crippen molar-refractivity contribution in [3.8, 4) is 23.0 Å². The molecule has 0 spiro atoms. The quantitative estimate of drug-likeness (QED) is 0.651. The molecule has 0 atom stereocenters. The first-order valence-corrected chi connectivity index (χ1v) is 7.04. The minimum Gasteiger partial charge on any atom is -0.507 e. The molecule has 0 heterocycles. The first-order chi connectivity index (χ1) is 9.97. The highest BCUT2D eigenvalue weighted by atomic mass is 16.3. The maximum absolute atomic E-state index is 10.1. The number of hydrogen-bond acceptors (Lipinski definition) is 4. The number of aromatic hydroxyl groups is 4. The molecular formula is C17H20O4. The van der Waals surface area contributed by atoms with Crippen LogP contribution in [-0.4, -0.2) is 20.4 Å². The van der Waals surface area contributed by atoms with Crippen molar-refractivity contribution >= 4 is 0 Å². The molecule has 0 aromatic heterocycles. The Labute approximate surface area is 123 Å². The highest BCUT2D eigenvalue weighted by Gasteiger charge is 2.13. The minimum absolute atomic E-state index is 0.306. The maximum atomic E-state index is 10.1. The summed E-state index contributed by atoms with van der Waals surface area (Å²) in [6.45, 7) is 3.95. The van der Waals surface area contributed by atoms with Crippen LogP contribution in [0.15, 0.2) is 24.3 Å². The molecule has 4 nitrogen and oxygen atoms in total. The summed E-state index contributed by atoms with van der Waals surface area (Å²) in [5, 5.41) is 38.9. The Hall–Kier alpha value is -2.36. The van der Waals surface area contributed by atoms with Gasteiger partial charge < -0.3 is 20.4 Å². The number of phenolic OH excluding ortho intramolecular Hbond substituents is 4. The van der Waals surface area contributed by atoms with Crippen LogP contribution in [0.25, 0.3) is 0 Å². The second kappa shape index (κ2) is 5.95. The summed E-state index contributed by atoms with van der Waals surface area (Å²) in [4.78, 5) is 0. The zero-order chi connectivity index (χ0) is 15.6. The second-order valence-electron chi connectivity index (χ2n) is 5.09. The van der Waals surface area contributed by atoms with E-state index < -0.39 is 5.75 Å². The standard InChI is InChI=1S/C17H20O4/c1-3-11-7-10(8-12(4-2)15(11)19)9-13-5-6-14(18)17(21)16(13)20/h5-8,18-21H,3-4,9H2,1-2H3. The van der Waals surface area contributed by atoms with Gasteiger partial charge in [-0.25, -0.2) is 0 Å². The monoisotopic (exact) mass is 288 g/mol. The van der Waals surface area contributed by atoms with E-state index in [1.165, 1.54) is 6.07 Å². The molecule has 4 heteroatoms. The first-order valence-electron chi connectivity index (χ1n) is 7.04. The van der Waals surface area contributed by atoms with Crippen molar-refractivity contribution in [3.05, 3.63) is 46.5 Å². The van der Waals surface area contributed by atoms with Gasteiger partial charge in [-0.2, -0.15) is 0 Å². The van der Waals surface area contributed by atoms with Gasteiger partial charge in [-0.05, 0) is 35.6 Å². The molecule has 0 aliphatic rings. The zero-order valence-corrected chi connectivity index (χ0v) is 12.2. The molecule has 0 unspecified atom stereocenters. The van der Waals surface area contributed by atoms with E-state index in [1.54, 1.807) is 6.07 Å². The topological polar surface area (TPSA) is 80.9 Å². The van der Waals surface area contributed by atoms with Crippen molar-refractivity contribution in [2.75, 3.05) is 0 Å². The molecule has 0 radical (unpaired) electrons. The molecule has 0 aliphatic heterocycles. The van der Waals surface area contributed by atoms with Crippen LogP contribution >= 0.6 is 0 Å². The molecule has 2 aromatic rings. The fourth-order valence-corrected chi connectivity index (χ4v) is 2.45. The highest BCUT2D eigenvalue weighted by molar-refractivity contribution is 5.55. The van der Waals surface area contributed by atoms with Gasteiger partial charge in [-0.3, -0.25) is 0 Å². The van der Waals surface area contributed by atoms with E-state index in [0.29, 0.717) is 17.7 Å². The Morgan fingerprint density at radius 2 is 1.29 bits per heavy atom. The van der Waals surface area contributed by atoms with Crippen molar-refractivity contribution in [2.24, 2.45) is 0 Å². The van der Waals surface area contributed by atoms with Gasteiger partial charge in [0, 0.05) is 12.0 Å². The van der Waals surface area contributed by atoms with Crippen molar-refractivity contribution in [3.63, 3.8) is 0 Å². The molecule has 21 heavy (non-hydrogen) atoms. The van der Waals surface area contributed by atoms with E-state index >= 15 is 0 Å². The molecule has 4 N–H and O–H groups in total. The van der Waals surface area contributed by atoms with Crippen LogP contribution in [0.5, 0.6) is 23.0 Å². The van der Waals surface area contributed by atoms with Gasteiger partial charge in [0.2, 0.25) is 5.75 Å². The van der Waals surface area contributed by atoms with Crippen LogP contribution in [0.3, 0.4) is 0 Å². The third-order valence-electron chi connectivity index (χ3n) is 3.70. The number of phenols is 4. The van der Waals surface area contributed by atoms with Crippen LogP contribution in [-0.2, 0) is 19.3 Å². The predicted molar refractivity (Wildman–Crippen MR) is 81.1 cm³/mol. The number of hydrogen-bond donors (Lipinski definition) is 4. The number of rotatable bonds is 4. The Bertz CT molecular complexity index is 637. The second-order valence-corrected chi connectivity index (χ2v) is 5.09. The smallest absolute Gasteiger partial charge is 0.200 e. The van der Waals surface area contributed by atoms with E-state index in [9.17, 15) is 20.4 Å². The van der Waals surface area contributed by atoms with Crippen LogP contribution in [0.1, 0.15) is 36.1 Å². The lowest BCUT2D eigenvalue weighted by Gasteiger charge is -2.12. The molecule has 2 aromatic carbocycles. The maximum Gasteiger partial charge on any atom is 0.200 e. The summed E-state index contributed by atoms with van der Waals surface area (Å²) < 4.78 is 0. The molecule has 0 amide bonds. The molecule has 2 rings (SSSR count). The number of benzene rings is 2. The van der Waals surface area contributed by atoms with Gasteiger partial charge in [-0.15, -0.1) is 0 Å². The lowest BCUT2D eigenvalue weighted by atomic mass is 9.96. The first kappa shape index (κ1) is 15.0. The highest BCUT2D eigenvalue weighted by Crippen LogP contribution is 2.38. The molecule has 0 saturated carbocycles. The SMILES string of the molecule is CCc1cc(Cc2ccc(O)c(O)c2O)cc(CC)c1O. The molecule has 0 saturated heterocycles. The van der Waals surface area contributed by atoms with Crippen molar-refractivity contribution in [1.82, 2.24) is 0 Å². The Balaban J connectivity index is 2.42. The van der Waals surface area contributed by atoms with Crippen molar-refractivity contribution in [1.29, 1.82) is 0 Å². The zero-order valence-electron chi connectivity index (χ0n) is 12.2. The van der Waals surface area contributed by atoms with Gasteiger partial charge in [0.15, 0.2) is 11.5 Å². The van der Waals surface area contributed by atoms with Crippen molar-refractivity contribution < 1.29 is 20.4 Å². The average molecular weight is 288 g/mol. The largest absolute Gasteiger partial charge is 0.507 e. The third-order valence-corrected chi connectivity index (χ3v) is 3.70. The molecular weight excluding hydrogens is 268 g/mol. The van der Waals surface area contributed by atoms with Gasteiger partial charge >= 0.3 is 0 Å². The third kappa shape index (κ3) is 2.89. The summed E-state index contributed by atoms with van der Waals surface area (Å²) >= 11 is 0. The molecule has 0 bridgehead atoms. The fraction of sp³-hybridized carbons (Fsp3) is 0.294. The van der Waals surface area contributed by atoms with E-state index in [4.69, 9.17) is 0 Å².